The van der Waals surface area contributed by atoms with Crippen LogP contribution in [0.3, 0.4) is 0 Å². The Labute approximate surface area is 134 Å². The highest BCUT2D eigenvalue weighted by Gasteiger charge is 2.33. The molecule has 0 bridgehead atoms. The van der Waals surface area contributed by atoms with Crippen molar-refractivity contribution in [2.24, 2.45) is 0 Å². The molecule has 0 aromatic heterocycles. The van der Waals surface area contributed by atoms with Crippen molar-refractivity contribution in [3.63, 3.8) is 0 Å². The number of carbonyl (C=O) groups excluding carboxylic acids is 1. The maximum atomic E-state index is 12.2. The quantitative estimate of drug-likeness (QED) is 0.800. The van der Waals surface area contributed by atoms with Crippen LogP contribution in [0.1, 0.15) is 17.2 Å². The van der Waals surface area contributed by atoms with Gasteiger partial charge in [0.25, 0.3) is 0 Å². The van der Waals surface area contributed by atoms with Gasteiger partial charge in [0.15, 0.2) is 0 Å². The molecule has 0 aliphatic carbocycles. The minimum absolute atomic E-state index is 0.0244. The molecule has 2 aromatic carbocycles. The number of hydrogen-bond acceptors (Lipinski definition) is 3. The largest absolute Gasteiger partial charge is 0.289 e. The van der Waals surface area contributed by atoms with Crippen LogP contribution < -0.4 is 0 Å². The zero-order valence-corrected chi connectivity index (χ0v) is 13.1. The Hall–Kier alpha value is -1.65. The van der Waals surface area contributed by atoms with Gasteiger partial charge in [-0.15, -0.1) is 0 Å². The van der Waals surface area contributed by atoms with Gasteiger partial charge in [-0.1, -0.05) is 84.6 Å². The van der Waals surface area contributed by atoms with E-state index in [0.717, 1.165) is 12.0 Å². The second-order valence-corrected chi connectivity index (χ2v) is 6.54. The maximum absolute atomic E-state index is 12.2. The normalized spacial score (nSPS) is 16.3. The Kier molecular flexibility index (Phi) is 4.36. The minimum Gasteiger partial charge on any atom is -0.289 e. The average Bonchev–Trinajstić information content (AvgIpc) is 2.86. The monoisotopic (exact) mass is 313 g/mol. The molecule has 106 valence electrons. The molecule has 2 nitrogen and oxygen atoms in total. The second-order valence-electron chi connectivity index (χ2n) is 4.93. The number of benzene rings is 2. The predicted octanol–water partition coefficient (Wildman–Crippen LogP) is 3.83. The summed E-state index contributed by atoms with van der Waals surface area (Å²) in [5.74, 6) is 0.562. The molecule has 21 heavy (non-hydrogen) atoms. The van der Waals surface area contributed by atoms with E-state index in [4.69, 9.17) is 12.2 Å². The van der Waals surface area contributed by atoms with Gasteiger partial charge in [0.2, 0.25) is 5.91 Å². The van der Waals surface area contributed by atoms with E-state index in [1.54, 1.807) is 4.90 Å². The second kappa shape index (κ2) is 6.41. The number of thiocarbonyl (C=S) groups is 1. The molecule has 1 saturated heterocycles. The van der Waals surface area contributed by atoms with E-state index in [-0.39, 0.29) is 11.9 Å². The Morgan fingerprint density at radius 1 is 1.05 bits per heavy atom. The fraction of sp³-hybridized carbons (Fsp3) is 0.176. The molecule has 0 saturated carbocycles. The Balaban J connectivity index is 1.95. The van der Waals surface area contributed by atoms with Crippen LogP contribution in [0.4, 0.5) is 0 Å². The van der Waals surface area contributed by atoms with Crippen molar-refractivity contribution in [2.45, 2.75) is 12.5 Å². The summed E-state index contributed by atoms with van der Waals surface area (Å²) in [5, 5.41) is 0. The van der Waals surface area contributed by atoms with Gasteiger partial charge in [0.05, 0.1) is 11.8 Å². The molecule has 1 atom stereocenters. The number of nitrogens with zero attached hydrogens (tertiary/aromatic N) is 1. The summed E-state index contributed by atoms with van der Waals surface area (Å²) < 4.78 is 0.685. The van der Waals surface area contributed by atoms with Gasteiger partial charge in [0.1, 0.15) is 4.32 Å². The molecule has 1 aliphatic heterocycles. The summed E-state index contributed by atoms with van der Waals surface area (Å²) in [6.45, 7) is 0. The molecule has 0 radical (unpaired) electrons. The number of carbonyl (C=O) groups is 1. The van der Waals surface area contributed by atoms with Crippen LogP contribution in [0, 0.1) is 0 Å². The van der Waals surface area contributed by atoms with Crippen LogP contribution in [0.2, 0.25) is 0 Å². The Morgan fingerprint density at radius 3 is 2.24 bits per heavy atom. The van der Waals surface area contributed by atoms with Crippen LogP contribution in [-0.4, -0.2) is 20.9 Å². The van der Waals surface area contributed by atoms with Crippen molar-refractivity contribution >= 4 is 34.2 Å². The third-order valence-corrected chi connectivity index (χ3v) is 4.94. The highest BCUT2D eigenvalue weighted by atomic mass is 32.2. The van der Waals surface area contributed by atoms with Crippen LogP contribution in [0.5, 0.6) is 0 Å². The van der Waals surface area contributed by atoms with Crippen molar-refractivity contribution in [1.29, 1.82) is 0 Å². The van der Waals surface area contributed by atoms with Gasteiger partial charge in [-0.3, -0.25) is 9.69 Å². The molecular formula is C17H15NOS2. The van der Waals surface area contributed by atoms with Crippen LogP contribution in [-0.2, 0) is 11.2 Å². The van der Waals surface area contributed by atoms with Crippen molar-refractivity contribution in [1.82, 2.24) is 4.90 Å². The van der Waals surface area contributed by atoms with Crippen LogP contribution in [0.25, 0.3) is 0 Å². The lowest BCUT2D eigenvalue weighted by atomic mass is 9.97. The van der Waals surface area contributed by atoms with Gasteiger partial charge in [0, 0.05) is 0 Å². The van der Waals surface area contributed by atoms with E-state index in [1.165, 1.54) is 17.3 Å². The number of thioether (sulfide) groups is 1. The zero-order chi connectivity index (χ0) is 14.7. The SMILES string of the molecule is O=C1CSC(=S)N1C(Cc1ccccc1)c1ccccc1. The van der Waals surface area contributed by atoms with Crippen LogP contribution in [0.15, 0.2) is 60.7 Å². The summed E-state index contributed by atoms with van der Waals surface area (Å²) in [6, 6.07) is 20.3. The summed E-state index contributed by atoms with van der Waals surface area (Å²) in [6.07, 6.45) is 0.775. The lowest BCUT2D eigenvalue weighted by Crippen LogP contribution is -2.34. The lowest BCUT2D eigenvalue weighted by molar-refractivity contribution is -0.125. The molecule has 1 heterocycles. The molecule has 0 N–H and O–H groups in total. The van der Waals surface area contributed by atoms with E-state index in [0.29, 0.717) is 10.1 Å². The molecule has 0 spiro atoms. The fourth-order valence-electron chi connectivity index (χ4n) is 2.54. The van der Waals surface area contributed by atoms with Crippen molar-refractivity contribution in [2.75, 3.05) is 5.75 Å². The van der Waals surface area contributed by atoms with Gasteiger partial charge in [-0.25, -0.2) is 0 Å². The number of hydrogen-bond donors (Lipinski definition) is 0. The zero-order valence-electron chi connectivity index (χ0n) is 11.4. The third-order valence-electron chi connectivity index (χ3n) is 3.55. The molecule has 2 aromatic rings. The van der Waals surface area contributed by atoms with Gasteiger partial charge in [-0.2, -0.15) is 0 Å². The van der Waals surface area contributed by atoms with Crippen molar-refractivity contribution in [3.05, 3.63) is 71.8 Å². The van der Waals surface area contributed by atoms with Gasteiger partial charge in [-0.05, 0) is 17.5 Å². The predicted molar refractivity (Wildman–Crippen MR) is 91.2 cm³/mol. The van der Waals surface area contributed by atoms with Crippen LogP contribution >= 0.6 is 24.0 Å². The van der Waals surface area contributed by atoms with Gasteiger partial charge < -0.3 is 0 Å². The maximum Gasteiger partial charge on any atom is 0.239 e. The molecule has 1 amide bonds. The first kappa shape index (κ1) is 14.3. The Bertz CT molecular complexity index is 626. The number of amides is 1. The molecular weight excluding hydrogens is 298 g/mol. The fourth-order valence-corrected chi connectivity index (χ4v) is 3.70. The van der Waals surface area contributed by atoms with E-state index >= 15 is 0 Å². The lowest BCUT2D eigenvalue weighted by Gasteiger charge is -2.27. The Morgan fingerprint density at radius 2 is 1.67 bits per heavy atom. The summed E-state index contributed by atoms with van der Waals surface area (Å²) in [7, 11) is 0. The number of rotatable bonds is 4. The van der Waals surface area contributed by atoms with E-state index < -0.39 is 0 Å². The molecule has 4 heteroatoms. The third kappa shape index (κ3) is 3.17. The summed E-state index contributed by atoms with van der Waals surface area (Å²) in [4.78, 5) is 14.0. The summed E-state index contributed by atoms with van der Waals surface area (Å²) >= 11 is 6.83. The van der Waals surface area contributed by atoms with Crippen molar-refractivity contribution in [3.8, 4) is 0 Å². The molecule has 1 unspecified atom stereocenters. The van der Waals surface area contributed by atoms with E-state index in [1.807, 2.05) is 36.4 Å². The summed E-state index contributed by atoms with van der Waals surface area (Å²) in [5.41, 5.74) is 2.33. The standard InChI is InChI=1S/C17H15NOS2/c19-16-12-21-17(20)18(16)15(14-9-5-2-6-10-14)11-13-7-3-1-4-8-13/h1-10,15H,11-12H2. The first-order valence-corrected chi connectivity index (χ1v) is 8.23. The smallest absolute Gasteiger partial charge is 0.239 e. The highest BCUT2D eigenvalue weighted by molar-refractivity contribution is 8.23. The van der Waals surface area contributed by atoms with E-state index in [2.05, 4.69) is 24.3 Å². The van der Waals surface area contributed by atoms with E-state index in [9.17, 15) is 4.79 Å². The van der Waals surface area contributed by atoms with Crippen molar-refractivity contribution < 1.29 is 4.79 Å². The van der Waals surface area contributed by atoms with Gasteiger partial charge >= 0.3 is 0 Å². The molecule has 1 fully saturated rings. The first-order chi connectivity index (χ1) is 10.3. The topological polar surface area (TPSA) is 20.3 Å². The molecule has 3 rings (SSSR count). The molecule has 1 aliphatic rings. The minimum atomic E-state index is -0.0244. The average molecular weight is 313 g/mol. The highest BCUT2D eigenvalue weighted by Crippen LogP contribution is 2.32. The first-order valence-electron chi connectivity index (χ1n) is 6.83.